The molecule has 6 nitrogen and oxygen atoms in total. The standard InChI is InChI=1S/C21H13F4N5O/c22-15-5-3-13(4-6-15)20(31)28-19-8-7-16(12-27-19)30-18(21(23,24)25)10-17(29-30)14-2-1-9-26-11-14/h1-12H,(H,27,28,31). The first kappa shape index (κ1) is 20.2. The Kier molecular flexibility index (Phi) is 5.20. The molecule has 4 rings (SSSR count). The van der Waals surface area contributed by atoms with Gasteiger partial charge < -0.3 is 5.32 Å². The van der Waals surface area contributed by atoms with E-state index in [1.54, 1.807) is 12.1 Å². The van der Waals surface area contributed by atoms with Crippen molar-refractivity contribution in [2.24, 2.45) is 0 Å². The van der Waals surface area contributed by atoms with E-state index >= 15 is 0 Å². The van der Waals surface area contributed by atoms with E-state index < -0.39 is 23.6 Å². The number of halogens is 4. The summed E-state index contributed by atoms with van der Waals surface area (Å²) >= 11 is 0. The fourth-order valence-electron chi connectivity index (χ4n) is 2.81. The van der Waals surface area contributed by atoms with Crippen LogP contribution in [0, 0.1) is 5.82 Å². The third-order valence-electron chi connectivity index (χ3n) is 4.30. The Labute approximate surface area is 173 Å². The first-order valence-corrected chi connectivity index (χ1v) is 8.92. The summed E-state index contributed by atoms with van der Waals surface area (Å²) < 4.78 is 54.4. The van der Waals surface area contributed by atoms with E-state index in [1.807, 2.05) is 0 Å². The molecular weight excluding hydrogens is 414 g/mol. The van der Waals surface area contributed by atoms with Gasteiger partial charge in [0, 0.05) is 23.5 Å². The molecule has 31 heavy (non-hydrogen) atoms. The summed E-state index contributed by atoms with van der Waals surface area (Å²) in [7, 11) is 0. The molecule has 4 aromatic rings. The summed E-state index contributed by atoms with van der Waals surface area (Å²) in [6.45, 7) is 0. The van der Waals surface area contributed by atoms with Gasteiger partial charge in [-0.05, 0) is 54.6 Å². The van der Waals surface area contributed by atoms with Gasteiger partial charge in [-0.3, -0.25) is 9.78 Å². The first-order chi connectivity index (χ1) is 14.8. The zero-order valence-electron chi connectivity index (χ0n) is 15.6. The molecule has 0 bridgehead atoms. The summed E-state index contributed by atoms with van der Waals surface area (Å²) in [5, 5.41) is 6.56. The van der Waals surface area contributed by atoms with Crippen molar-refractivity contribution in [3.05, 3.63) is 90.3 Å². The van der Waals surface area contributed by atoms with Crippen molar-refractivity contribution in [1.29, 1.82) is 0 Å². The van der Waals surface area contributed by atoms with Crippen LogP contribution in [0.2, 0.25) is 0 Å². The van der Waals surface area contributed by atoms with E-state index in [2.05, 4.69) is 20.4 Å². The van der Waals surface area contributed by atoms with Gasteiger partial charge in [0.2, 0.25) is 0 Å². The molecule has 0 aliphatic rings. The number of benzene rings is 1. The summed E-state index contributed by atoms with van der Waals surface area (Å²) in [4.78, 5) is 20.1. The second kappa shape index (κ2) is 7.98. The largest absolute Gasteiger partial charge is 0.433 e. The van der Waals surface area contributed by atoms with Crippen LogP contribution in [0.5, 0.6) is 0 Å². The summed E-state index contributed by atoms with van der Waals surface area (Å²) in [5.41, 5.74) is -0.171. The molecule has 0 saturated carbocycles. The number of amides is 1. The Morgan fingerprint density at radius 1 is 1.00 bits per heavy atom. The lowest BCUT2D eigenvalue weighted by atomic mass is 10.2. The summed E-state index contributed by atoms with van der Waals surface area (Å²) in [5.74, 6) is -0.898. The lowest BCUT2D eigenvalue weighted by molar-refractivity contribution is -0.142. The molecule has 0 atom stereocenters. The second-order valence-corrected chi connectivity index (χ2v) is 6.43. The van der Waals surface area contributed by atoms with Crippen LogP contribution < -0.4 is 5.32 Å². The van der Waals surface area contributed by atoms with Gasteiger partial charge in [0.05, 0.1) is 17.6 Å². The van der Waals surface area contributed by atoms with Gasteiger partial charge in [0.15, 0.2) is 0 Å². The van der Waals surface area contributed by atoms with Gasteiger partial charge in [0.25, 0.3) is 5.91 Å². The van der Waals surface area contributed by atoms with E-state index in [4.69, 9.17) is 0 Å². The van der Waals surface area contributed by atoms with Gasteiger partial charge in [0.1, 0.15) is 17.3 Å². The molecule has 0 aliphatic carbocycles. The van der Waals surface area contributed by atoms with Crippen LogP contribution in [-0.2, 0) is 6.18 Å². The Morgan fingerprint density at radius 3 is 2.39 bits per heavy atom. The van der Waals surface area contributed by atoms with Crippen molar-refractivity contribution in [3.63, 3.8) is 0 Å². The highest BCUT2D eigenvalue weighted by Crippen LogP contribution is 2.33. The number of carbonyl (C=O) groups is 1. The predicted molar refractivity (Wildman–Crippen MR) is 104 cm³/mol. The number of nitrogens with one attached hydrogen (secondary N) is 1. The Hall–Kier alpha value is -4.08. The van der Waals surface area contributed by atoms with Gasteiger partial charge >= 0.3 is 6.18 Å². The molecule has 156 valence electrons. The second-order valence-electron chi connectivity index (χ2n) is 6.43. The average molecular weight is 427 g/mol. The van der Waals surface area contributed by atoms with Crippen LogP contribution in [0.4, 0.5) is 23.4 Å². The zero-order chi connectivity index (χ0) is 22.0. The van der Waals surface area contributed by atoms with Crippen molar-refractivity contribution in [2.45, 2.75) is 6.18 Å². The Morgan fingerprint density at radius 2 is 1.77 bits per heavy atom. The van der Waals surface area contributed by atoms with Gasteiger partial charge in [-0.2, -0.15) is 18.3 Å². The maximum absolute atomic E-state index is 13.5. The maximum atomic E-state index is 13.5. The molecule has 0 radical (unpaired) electrons. The number of nitrogens with zero attached hydrogens (tertiary/aromatic N) is 4. The topological polar surface area (TPSA) is 72.7 Å². The third kappa shape index (κ3) is 4.42. The maximum Gasteiger partial charge on any atom is 0.433 e. The van der Waals surface area contributed by atoms with Crippen LogP contribution in [0.1, 0.15) is 16.1 Å². The van der Waals surface area contributed by atoms with E-state index in [-0.39, 0.29) is 22.8 Å². The van der Waals surface area contributed by atoms with Crippen molar-refractivity contribution in [3.8, 4) is 16.9 Å². The minimum Gasteiger partial charge on any atom is -0.307 e. The molecule has 0 aliphatic heterocycles. The number of rotatable bonds is 4. The van der Waals surface area contributed by atoms with E-state index in [0.29, 0.717) is 5.56 Å². The van der Waals surface area contributed by atoms with Crippen LogP contribution in [0.3, 0.4) is 0 Å². The molecule has 0 fully saturated rings. The number of hydrogen-bond donors (Lipinski definition) is 1. The molecule has 0 saturated heterocycles. The van der Waals surface area contributed by atoms with Crippen LogP contribution in [-0.4, -0.2) is 25.7 Å². The zero-order valence-corrected chi connectivity index (χ0v) is 15.6. The monoisotopic (exact) mass is 427 g/mol. The molecule has 1 amide bonds. The van der Waals surface area contributed by atoms with Crippen LogP contribution in [0.25, 0.3) is 16.9 Å². The fourth-order valence-corrected chi connectivity index (χ4v) is 2.81. The molecule has 1 N–H and O–H groups in total. The molecule has 3 aromatic heterocycles. The highest BCUT2D eigenvalue weighted by atomic mass is 19.4. The number of aromatic nitrogens is 4. The number of alkyl halides is 3. The van der Waals surface area contributed by atoms with E-state index in [9.17, 15) is 22.4 Å². The lowest BCUT2D eigenvalue weighted by Gasteiger charge is -2.10. The van der Waals surface area contributed by atoms with Crippen molar-refractivity contribution in [2.75, 3.05) is 5.32 Å². The lowest BCUT2D eigenvalue weighted by Crippen LogP contribution is -2.15. The van der Waals surface area contributed by atoms with E-state index in [0.717, 1.165) is 29.1 Å². The number of carbonyl (C=O) groups excluding carboxylic acids is 1. The quantitative estimate of drug-likeness (QED) is 0.478. The van der Waals surface area contributed by atoms with Crippen molar-refractivity contribution >= 4 is 11.7 Å². The first-order valence-electron chi connectivity index (χ1n) is 8.92. The minimum atomic E-state index is -4.65. The van der Waals surface area contributed by atoms with Gasteiger partial charge in [-0.1, -0.05) is 0 Å². The smallest absolute Gasteiger partial charge is 0.307 e. The summed E-state index contributed by atoms with van der Waals surface area (Å²) in [6, 6.07) is 11.7. The molecule has 1 aromatic carbocycles. The number of hydrogen-bond acceptors (Lipinski definition) is 4. The average Bonchev–Trinajstić information content (AvgIpc) is 3.21. The SMILES string of the molecule is O=C(Nc1ccc(-n2nc(-c3cccnc3)cc2C(F)(F)F)cn1)c1ccc(F)cc1. The number of anilines is 1. The molecule has 10 heteroatoms. The predicted octanol–water partition coefficient (Wildman–Crippen LogP) is 4.74. The van der Waals surface area contributed by atoms with Gasteiger partial charge in [-0.25, -0.2) is 14.1 Å². The van der Waals surface area contributed by atoms with E-state index in [1.165, 1.54) is 36.7 Å². The van der Waals surface area contributed by atoms with Crippen molar-refractivity contribution in [1.82, 2.24) is 19.7 Å². The third-order valence-corrected chi connectivity index (χ3v) is 4.30. The molecule has 0 unspecified atom stereocenters. The van der Waals surface area contributed by atoms with Crippen LogP contribution in [0.15, 0.2) is 73.2 Å². The normalized spacial score (nSPS) is 11.4. The highest BCUT2D eigenvalue weighted by molar-refractivity contribution is 6.03. The summed E-state index contributed by atoms with van der Waals surface area (Å²) in [6.07, 6.45) is -0.564. The highest BCUT2D eigenvalue weighted by Gasteiger charge is 2.36. The fraction of sp³-hybridized carbons (Fsp3) is 0.0476. The number of pyridine rings is 2. The Balaban J connectivity index is 1.62. The molecule has 0 spiro atoms. The van der Waals surface area contributed by atoms with Crippen LogP contribution >= 0.6 is 0 Å². The van der Waals surface area contributed by atoms with Crippen molar-refractivity contribution < 1.29 is 22.4 Å². The Bertz CT molecular complexity index is 1200. The minimum absolute atomic E-state index is 0.0576. The molecular formula is C21H13F4N5O. The molecule has 3 heterocycles. The van der Waals surface area contributed by atoms with Gasteiger partial charge in [-0.15, -0.1) is 0 Å².